The van der Waals surface area contributed by atoms with E-state index in [1.165, 1.54) is 16.2 Å². The number of carbonyl (C=O) groups is 3. The van der Waals surface area contributed by atoms with Gasteiger partial charge in [-0.15, -0.1) is 11.8 Å². The summed E-state index contributed by atoms with van der Waals surface area (Å²) < 4.78 is 0. The Kier molecular flexibility index (Phi) is 4.68. The van der Waals surface area contributed by atoms with E-state index in [4.69, 9.17) is 0 Å². The summed E-state index contributed by atoms with van der Waals surface area (Å²) in [5.41, 5.74) is 0.420. The van der Waals surface area contributed by atoms with Gasteiger partial charge in [0.2, 0.25) is 17.7 Å². The number of H-pyrrole nitrogens is 1. The highest BCUT2D eigenvalue weighted by molar-refractivity contribution is 8.00. The maximum atomic E-state index is 13.6. The molecule has 0 spiro atoms. The van der Waals surface area contributed by atoms with Gasteiger partial charge < -0.3 is 10.3 Å². The molecule has 7 rings (SSSR count). The van der Waals surface area contributed by atoms with E-state index in [1.54, 1.807) is 11.8 Å². The smallest absolute Gasteiger partial charge is 0.305 e. The third-order valence-electron chi connectivity index (χ3n) is 8.85. The van der Waals surface area contributed by atoms with Gasteiger partial charge in [-0.2, -0.15) is 0 Å². The van der Waals surface area contributed by atoms with Crippen molar-refractivity contribution in [3.05, 3.63) is 57.0 Å². The fraction of sp³-hybridized carbons (Fsp3) is 0.407. The number of nitrogens with zero attached hydrogens (tertiary/aromatic N) is 1. The zero-order valence-corrected chi connectivity index (χ0v) is 21.4. The van der Waals surface area contributed by atoms with Crippen molar-refractivity contribution in [2.45, 2.75) is 36.0 Å². The monoisotopic (exact) mass is 519 g/mol. The average Bonchev–Trinajstić information content (AvgIpc) is 3.57. The number of fused-ring (bicyclic) bond motifs is 10. The molecule has 7 nitrogen and oxygen atoms in total. The second kappa shape index (κ2) is 7.55. The molecular formula is C27H25N3O4S2. The van der Waals surface area contributed by atoms with Crippen molar-refractivity contribution >= 4 is 57.3 Å². The Morgan fingerprint density at radius 2 is 1.78 bits per heavy atom. The molecule has 184 valence electrons. The van der Waals surface area contributed by atoms with Crippen molar-refractivity contribution in [2.75, 3.05) is 11.9 Å². The molecule has 3 amide bonds. The van der Waals surface area contributed by atoms with Crippen LogP contribution in [0.1, 0.15) is 25.1 Å². The highest BCUT2D eigenvalue weighted by atomic mass is 32.2. The Morgan fingerprint density at radius 3 is 2.58 bits per heavy atom. The first-order chi connectivity index (χ1) is 17.3. The van der Waals surface area contributed by atoms with Gasteiger partial charge in [0.05, 0.1) is 16.9 Å². The van der Waals surface area contributed by atoms with Crippen LogP contribution in [0.25, 0.3) is 10.8 Å². The highest BCUT2D eigenvalue weighted by Gasteiger charge is 2.70. The summed E-state index contributed by atoms with van der Waals surface area (Å²) in [7, 11) is 0. The Balaban J connectivity index is 1.15. The van der Waals surface area contributed by atoms with Crippen LogP contribution in [0.3, 0.4) is 0 Å². The van der Waals surface area contributed by atoms with E-state index in [0.717, 1.165) is 27.1 Å². The summed E-state index contributed by atoms with van der Waals surface area (Å²) in [4.78, 5) is 57.4. The van der Waals surface area contributed by atoms with Crippen LogP contribution in [0.2, 0.25) is 0 Å². The molecule has 1 saturated heterocycles. The van der Waals surface area contributed by atoms with Gasteiger partial charge in [-0.1, -0.05) is 61.6 Å². The van der Waals surface area contributed by atoms with Crippen LogP contribution in [0.15, 0.2) is 52.3 Å². The number of anilines is 1. The van der Waals surface area contributed by atoms with Gasteiger partial charge >= 0.3 is 4.87 Å². The number of likely N-dealkylation sites (tertiary alicyclic amines) is 1. The van der Waals surface area contributed by atoms with E-state index in [-0.39, 0.29) is 69.4 Å². The molecule has 9 heteroatoms. The molecule has 2 bridgehead atoms. The molecule has 6 unspecified atom stereocenters. The first-order valence-electron chi connectivity index (χ1n) is 12.3. The van der Waals surface area contributed by atoms with E-state index < -0.39 is 0 Å². The van der Waals surface area contributed by atoms with Gasteiger partial charge in [0.1, 0.15) is 6.54 Å². The molecule has 36 heavy (non-hydrogen) atoms. The molecule has 1 aromatic heterocycles. The van der Waals surface area contributed by atoms with Gasteiger partial charge in [0.15, 0.2) is 0 Å². The first-order valence-corrected chi connectivity index (χ1v) is 14.0. The molecule has 2 aliphatic heterocycles. The molecule has 2 saturated carbocycles. The largest absolute Gasteiger partial charge is 0.324 e. The number of thioether (sulfide) groups is 1. The van der Waals surface area contributed by atoms with Crippen molar-refractivity contribution in [3.63, 3.8) is 0 Å². The molecule has 3 heterocycles. The minimum atomic E-state index is -0.371. The zero-order chi connectivity index (χ0) is 24.9. The number of nitrogens with one attached hydrogen (secondary N) is 2. The van der Waals surface area contributed by atoms with Crippen LogP contribution >= 0.6 is 23.1 Å². The first kappa shape index (κ1) is 22.3. The molecule has 3 fully saturated rings. The standard InChI is InChI=1S/C27H25N3O4S2/c1-27(2)20-14-10-15(21(20)35-23-22(27)36-26(34)29-23)19-18(14)24(32)30(25(19)33)11-17(31)28-16-9-5-7-12-6-3-4-8-13(12)16/h3-9,14-15,18-21H,10-11H2,1-2H3,(H,28,31)(H,29,34). The van der Waals surface area contributed by atoms with Crippen molar-refractivity contribution in [3.8, 4) is 0 Å². The van der Waals surface area contributed by atoms with Crippen molar-refractivity contribution in [2.24, 2.45) is 29.6 Å². The Morgan fingerprint density at radius 1 is 1.06 bits per heavy atom. The van der Waals surface area contributed by atoms with Crippen molar-refractivity contribution < 1.29 is 14.4 Å². The Labute approximate surface area is 215 Å². The van der Waals surface area contributed by atoms with Crippen LogP contribution in [0.5, 0.6) is 0 Å². The minimum absolute atomic E-state index is 0.0522. The number of thiazole rings is 1. The van der Waals surface area contributed by atoms with Crippen molar-refractivity contribution in [1.29, 1.82) is 0 Å². The summed E-state index contributed by atoms with van der Waals surface area (Å²) >= 11 is 2.94. The molecule has 0 radical (unpaired) electrons. The van der Waals surface area contributed by atoms with Gasteiger partial charge in [-0.3, -0.25) is 24.1 Å². The predicted molar refractivity (Wildman–Crippen MR) is 139 cm³/mol. The van der Waals surface area contributed by atoms with Crippen LogP contribution in [-0.2, 0) is 19.8 Å². The quantitative estimate of drug-likeness (QED) is 0.512. The van der Waals surface area contributed by atoms with Gasteiger partial charge in [-0.25, -0.2) is 0 Å². The summed E-state index contributed by atoms with van der Waals surface area (Å²) in [6, 6.07) is 13.4. The maximum absolute atomic E-state index is 13.6. The van der Waals surface area contributed by atoms with Crippen LogP contribution in [0, 0.1) is 29.6 Å². The normalized spacial score (nSPS) is 31.4. The van der Waals surface area contributed by atoms with Gasteiger partial charge in [-0.05, 0) is 35.6 Å². The van der Waals surface area contributed by atoms with Crippen LogP contribution in [0.4, 0.5) is 5.69 Å². The number of hydrogen-bond acceptors (Lipinski definition) is 6. The van der Waals surface area contributed by atoms with E-state index >= 15 is 0 Å². The summed E-state index contributed by atoms with van der Waals surface area (Å²) in [5, 5.41) is 5.94. The summed E-state index contributed by atoms with van der Waals surface area (Å²) in [6.07, 6.45) is 0.855. The number of imide groups is 1. The Bertz CT molecular complexity index is 1520. The zero-order valence-electron chi connectivity index (χ0n) is 19.8. The number of aromatic amines is 1. The number of hydrogen-bond donors (Lipinski definition) is 2. The molecule has 3 aromatic rings. The van der Waals surface area contributed by atoms with Crippen LogP contribution in [-0.4, -0.2) is 39.4 Å². The molecule has 2 aromatic carbocycles. The third kappa shape index (κ3) is 2.93. The lowest BCUT2D eigenvalue weighted by Gasteiger charge is -2.47. The molecule has 2 aliphatic carbocycles. The maximum Gasteiger partial charge on any atom is 0.305 e. The second-order valence-electron chi connectivity index (χ2n) is 11.0. The lowest BCUT2D eigenvalue weighted by molar-refractivity contribution is -0.143. The number of aromatic nitrogens is 1. The third-order valence-corrected chi connectivity index (χ3v) is 11.7. The minimum Gasteiger partial charge on any atom is -0.324 e. The highest BCUT2D eigenvalue weighted by Crippen LogP contribution is 2.68. The molecule has 4 aliphatic rings. The lowest BCUT2D eigenvalue weighted by atomic mass is 9.64. The summed E-state index contributed by atoms with van der Waals surface area (Å²) in [6.45, 7) is 4.07. The van der Waals surface area contributed by atoms with Crippen molar-refractivity contribution in [1.82, 2.24) is 9.88 Å². The number of benzene rings is 2. The van der Waals surface area contributed by atoms with Gasteiger partial charge in [0, 0.05) is 26.6 Å². The van der Waals surface area contributed by atoms with Gasteiger partial charge in [0.25, 0.3) is 0 Å². The second-order valence-corrected chi connectivity index (χ2v) is 13.1. The lowest BCUT2D eigenvalue weighted by Crippen LogP contribution is -2.48. The average molecular weight is 520 g/mol. The number of rotatable bonds is 3. The fourth-order valence-electron chi connectivity index (χ4n) is 7.54. The van der Waals surface area contributed by atoms with E-state index in [2.05, 4.69) is 24.1 Å². The molecular weight excluding hydrogens is 494 g/mol. The number of amides is 3. The number of carbonyl (C=O) groups excluding carboxylic acids is 3. The molecule has 6 atom stereocenters. The van der Waals surface area contributed by atoms with Crippen LogP contribution < -0.4 is 10.2 Å². The summed E-state index contributed by atoms with van der Waals surface area (Å²) in [5.74, 6) is -1.16. The topological polar surface area (TPSA) is 99.3 Å². The SMILES string of the molecule is CC1(C)c2sc(=O)[nH]c2SC2C3CC(C4C(=O)N(CC(=O)Nc5cccc6ccccc56)C(=O)C34)C21. The van der Waals surface area contributed by atoms with E-state index in [9.17, 15) is 19.2 Å². The predicted octanol–water partition coefficient (Wildman–Crippen LogP) is 3.85. The molecule has 2 N–H and O–H groups in total. The van der Waals surface area contributed by atoms with E-state index in [0.29, 0.717) is 5.69 Å². The fourth-order valence-corrected chi connectivity index (χ4v) is 10.7. The Hall–Kier alpha value is -2.91. The van der Waals surface area contributed by atoms with E-state index in [1.807, 2.05) is 42.5 Å².